The van der Waals surface area contributed by atoms with E-state index in [1.807, 2.05) is 0 Å². The molecule has 0 aliphatic rings. The Balaban J connectivity index is 2.98. The van der Waals surface area contributed by atoms with E-state index in [1.54, 1.807) is 25.3 Å². The molecule has 1 rings (SSSR count). The number of pyridine rings is 1. The van der Waals surface area contributed by atoms with Gasteiger partial charge >= 0.3 is 0 Å². The maximum absolute atomic E-state index is 11.4. The Morgan fingerprint density at radius 2 is 2.46 bits per heavy atom. The van der Waals surface area contributed by atoms with Crippen molar-refractivity contribution in [3.05, 3.63) is 33.2 Å². The van der Waals surface area contributed by atoms with Gasteiger partial charge in [0.2, 0.25) is 0 Å². The molecule has 4 heteroatoms. The highest BCUT2D eigenvalue weighted by Gasteiger charge is 2.03. The molecule has 1 atom stereocenters. The fraction of sp³-hybridized carbons (Fsp3) is 0.333. The van der Waals surface area contributed by atoms with Crippen LogP contribution in [0.1, 0.15) is 6.92 Å². The van der Waals surface area contributed by atoms with Crippen molar-refractivity contribution < 1.29 is 0 Å². The van der Waals surface area contributed by atoms with Crippen LogP contribution in [0.2, 0.25) is 0 Å². The van der Waals surface area contributed by atoms with Gasteiger partial charge in [-0.3, -0.25) is 4.79 Å². The number of halogens is 1. The van der Waals surface area contributed by atoms with Crippen molar-refractivity contribution in [2.45, 2.75) is 13.5 Å². The van der Waals surface area contributed by atoms with Crippen LogP contribution in [-0.2, 0) is 6.54 Å². The van der Waals surface area contributed by atoms with Gasteiger partial charge in [-0.15, -0.1) is 0 Å². The average molecular weight is 241 g/mol. The van der Waals surface area contributed by atoms with Crippen LogP contribution < -0.4 is 5.56 Å². The summed E-state index contributed by atoms with van der Waals surface area (Å²) in [5.41, 5.74) is -0.0930. The summed E-state index contributed by atoms with van der Waals surface area (Å²) in [5.74, 6) is -0.146. The SMILES string of the molecule is CC(C#N)Cn1cccc(Br)c1=O. The topological polar surface area (TPSA) is 45.8 Å². The van der Waals surface area contributed by atoms with Crippen LogP contribution in [0, 0.1) is 17.2 Å². The number of nitrogens with zero attached hydrogens (tertiary/aromatic N) is 2. The molecule has 0 bridgehead atoms. The van der Waals surface area contributed by atoms with E-state index in [-0.39, 0.29) is 11.5 Å². The molecule has 0 spiro atoms. The highest BCUT2D eigenvalue weighted by atomic mass is 79.9. The van der Waals surface area contributed by atoms with Gasteiger partial charge in [0.15, 0.2) is 0 Å². The van der Waals surface area contributed by atoms with E-state index in [9.17, 15) is 4.79 Å². The summed E-state index contributed by atoms with van der Waals surface area (Å²) in [6.45, 7) is 2.22. The van der Waals surface area contributed by atoms with Crippen LogP contribution in [-0.4, -0.2) is 4.57 Å². The van der Waals surface area contributed by atoms with Gasteiger partial charge in [-0.25, -0.2) is 0 Å². The Morgan fingerprint density at radius 1 is 1.77 bits per heavy atom. The lowest BCUT2D eigenvalue weighted by atomic mass is 10.2. The van der Waals surface area contributed by atoms with Gasteiger partial charge in [0, 0.05) is 12.7 Å². The first-order chi connectivity index (χ1) is 6.15. The van der Waals surface area contributed by atoms with Gasteiger partial charge < -0.3 is 4.57 Å². The largest absolute Gasteiger partial charge is 0.313 e. The quantitative estimate of drug-likeness (QED) is 0.792. The van der Waals surface area contributed by atoms with Crippen molar-refractivity contribution in [1.29, 1.82) is 5.26 Å². The Labute approximate surface area is 84.7 Å². The summed E-state index contributed by atoms with van der Waals surface area (Å²) in [4.78, 5) is 11.4. The van der Waals surface area contributed by atoms with Crippen LogP contribution in [0.15, 0.2) is 27.6 Å². The van der Waals surface area contributed by atoms with Crippen LogP contribution in [0.3, 0.4) is 0 Å². The maximum Gasteiger partial charge on any atom is 0.264 e. The van der Waals surface area contributed by atoms with E-state index in [2.05, 4.69) is 22.0 Å². The number of rotatable bonds is 2. The van der Waals surface area contributed by atoms with Gasteiger partial charge in [0.1, 0.15) is 0 Å². The van der Waals surface area contributed by atoms with Crippen molar-refractivity contribution in [2.75, 3.05) is 0 Å². The van der Waals surface area contributed by atoms with Gasteiger partial charge in [0.25, 0.3) is 5.56 Å². The Bertz CT molecular complexity index is 391. The molecule has 1 aromatic rings. The van der Waals surface area contributed by atoms with Crippen molar-refractivity contribution in [3.8, 4) is 6.07 Å². The second kappa shape index (κ2) is 4.24. The standard InChI is InChI=1S/C9H9BrN2O/c1-7(5-11)6-12-4-2-3-8(10)9(12)13/h2-4,7H,6H2,1H3. The molecule has 0 N–H and O–H groups in total. The molecule has 0 aliphatic heterocycles. The summed E-state index contributed by atoms with van der Waals surface area (Å²) in [5, 5.41) is 8.58. The third-order valence-electron chi connectivity index (χ3n) is 1.66. The minimum atomic E-state index is -0.146. The zero-order valence-corrected chi connectivity index (χ0v) is 8.78. The highest BCUT2D eigenvalue weighted by Crippen LogP contribution is 2.02. The number of nitriles is 1. The molecule has 68 valence electrons. The molecule has 0 saturated heterocycles. The first kappa shape index (κ1) is 10.0. The highest BCUT2D eigenvalue weighted by molar-refractivity contribution is 9.10. The summed E-state index contributed by atoms with van der Waals surface area (Å²) in [7, 11) is 0. The van der Waals surface area contributed by atoms with Gasteiger partial charge in [-0.1, -0.05) is 0 Å². The normalized spacial score (nSPS) is 12.1. The van der Waals surface area contributed by atoms with E-state index in [4.69, 9.17) is 5.26 Å². The maximum atomic E-state index is 11.4. The molecule has 0 radical (unpaired) electrons. The van der Waals surface area contributed by atoms with Gasteiger partial charge in [-0.2, -0.15) is 5.26 Å². The fourth-order valence-electron chi connectivity index (χ4n) is 0.987. The molecule has 1 heterocycles. The summed E-state index contributed by atoms with van der Waals surface area (Å²) in [6, 6.07) is 5.55. The van der Waals surface area contributed by atoms with Crippen LogP contribution in [0.4, 0.5) is 0 Å². The molecule has 0 aromatic carbocycles. The summed E-state index contributed by atoms with van der Waals surface area (Å²) >= 11 is 3.14. The minimum absolute atomic E-state index is 0.0930. The lowest BCUT2D eigenvalue weighted by molar-refractivity contribution is 0.563. The minimum Gasteiger partial charge on any atom is -0.313 e. The molecular formula is C9H9BrN2O. The third kappa shape index (κ3) is 2.43. The Morgan fingerprint density at radius 3 is 3.08 bits per heavy atom. The van der Waals surface area contributed by atoms with Gasteiger partial charge in [0.05, 0.1) is 16.5 Å². The van der Waals surface area contributed by atoms with Crippen LogP contribution in [0.25, 0.3) is 0 Å². The smallest absolute Gasteiger partial charge is 0.264 e. The Hall–Kier alpha value is -1.08. The number of hydrogen-bond acceptors (Lipinski definition) is 2. The van der Waals surface area contributed by atoms with Crippen molar-refractivity contribution in [1.82, 2.24) is 4.57 Å². The zero-order valence-electron chi connectivity index (χ0n) is 7.20. The lowest BCUT2D eigenvalue weighted by Gasteiger charge is -2.06. The van der Waals surface area contributed by atoms with Crippen molar-refractivity contribution >= 4 is 15.9 Å². The molecule has 0 saturated carbocycles. The van der Waals surface area contributed by atoms with E-state index in [0.29, 0.717) is 11.0 Å². The van der Waals surface area contributed by atoms with Gasteiger partial charge in [-0.05, 0) is 35.0 Å². The monoisotopic (exact) mass is 240 g/mol. The molecular weight excluding hydrogens is 232 g/mol. The summed E-state index contributed by atoms with van der Waals surface area (Å²) in [6.07, 6.45) is 1.68. The van der Waals surface area contributed by atoms with E-state index >= 15 is 0 Å². The van der Waals surface area contributed by atoms with Crippen LogP contribution in [0.5, 0.6) is 0 Å². The Kier molecular flexibility index (Phi) is 3.26. The second-order valence-corrected chi connectivity index (χ2v) is 3.70. The molecule has 0 aliphatic carbocycles. The van der Waals surface area contributed by atoms with Crippen molar-refractivity contribution in [3.63, 3.8) is 0 Å². The molecule has 0 fully saturated rings. The molecule has 13 heavy (non-hydrogen) atoms. The second-order valence-electron chi connectivity index (χ2n) is 2.84. The lowest BCUT2D eigenvalue weighted by Crippen LogP contribution is -2.22. The fourth-order valence-corrected chi connectivity index (χ4v) is 1.37. The number of hydrogen-bond donors (Lipinski definition) is 0. The number of aromatic nitrogens is 1. The first-order valence-electron chi connectivity index (χ1n) is 3.89. The molecule has 1 unspecified atom stereocenters. The molecule has 3 nitrogen and oxygen atoms in total. The first-order valence-corrected chi connectivity index (χ1v) is 4.69. The van der Waals surface area contributed by atoms with Crippen molar-refractivity contribution in [2.24, 2.45) is 5.92 Å². The summed E-state index contributed by atoms with van der Waals surface area (Å²) < 4.78 is 2.05. The van der Waals surface area contributed by atoms with E-state index < -0.39 is 0 Å². The molecule has 1 aromatic heterocycles. The van der Waals surface area contributed by atoms with E-state index in [1.165, 1.54) is 4.57 Å². The van der Waals surface area contributed by atoms with Crippen LogP contribution >= 0.6 is 15.9 Å². The predicted octanol–water partition coefficient (Wildman–Crippen LogP) is 1.77. The van der Waals surface area contributed by atoms with E-state index in [0.717, 1.165) is 0 Å². The predicted molar refractivity (Wildman–Crippen MR) is 53.2 cm³/mol. The zero-order chi connectivity index (χ0) is 9.84. The molecule has 0 amide bonds. The third-order valence-corrected chi connectivity index (χ3v) is 2.27. The average Bonchev–Trinajstić information content (AvgIpc) is 2.13.